The van der Waals surface area contributed by atoms with Crippen LogP contribution in [0.3, 0.4) is 0 Å². The maximum Gasteiger partial charge on any atom is 0.341 e. The van der Waals surface area contributed by atoms with Gasteiger partial charge in [0.05, 0.1) is 5.56 Å². The third kappa shape index (κ3) is 3.72. The zero-order valence-electron chi connectivity index (χ0n) is 14.6. The summed E-state index contributed by atoms with van der Waals surface area (Å²) in [5, 5.41) is 2.73. The number of ether oxygens (including phenoxy) is 3. The van der Waals surface area contributed by atoms with E-state index in [0.29, 0.717) is 17.2 Å². The molecule has 1 heterocycles. The van der Waals surface area contributed by atoms with Crippen molar-refractivity contribution in [2.45, 2.75) is 26.5 Å². The van der Waals surface area contributed by atoms with E-state index in [2.05, 4.69) is 5.32 Å². The van der Waals surface area contributed by atoms with Crippen LogP contribution in [-0.4, -0.2) is 24.8 Å². The van der Waals surface area contributed by atoms with Crippen molar-refractivity contribution in [1.29, 1.82) is 0 Å². The highest BCUT2D eigenvalue weighted by molar-refractivity contribution is 5.97. The van der Waals surface area contributed by atoms with Crippen molar-refractivity contribution in [2.24, 2.45) is 0 Å². The van der Waals surface area contributed by atoms with E-state index in [1.807, 2.05) is 6.07 Å². The van der Waals surface area contributed by atoms with Crippen molar-refractivity contribution >= 4 is 17.6 Å². The molecule has 1 aliphatic rings. The van der Waals surface area contributed by atoms with Gasteiger partial charge in [-0.1, -0.05) is 18.2 Å². The lowest BCUT2D eigenvalue weighted by Crippen LogP contribution is -2.35. The molecular weight excluding hydrogens is 336 g/mol. The second-order valence-corrected chi connectivity index (χ2v) is 5.99. The normalized spacial score (nSPS) is 13.2. The number of carbonyl (C=O) groups is 2. The Kier molecular flexibility index (Phi) is 4.97. The Labute approximate surface area is 151 Å². The monoisotopic (exact) mass is 356 g/mol. The molecule has 0 aliphatic carbocycles. The minimum absolute atomic E-state index is 0.195. The zero-order valence-corrected chi connectivity index (χ0v) is 14.6. The van der Waals surface area contributed by atoms with Gasteiger partial charge in [0.1, 0.15) is 0 Å². The van der Waals surface area contributed by atoms with Crippen LogP contribution in [0.2, 0.25) is 0 Å². The number of benzene rings is 2. The maximum atomic E-state index is 12.2. The molecule has 0 saturated carbocycles. The standard InChI is InChI=1S/C19H20N2O5/c1-11-4-3-5-14(17(11)20)19(23)26-12(2)18(22)21-9-13-6-7-15-16(8-13)25-10-24-15/h3-8,12H,9-10,20H2,1-2H3,(H,21,22). The Morgan fingerprint density at radius 2 is 2.00 bits per heavy atom. The van der Waals surface area contributed by atoms with E-state index in [9.17, 15) is 9.59 Å². The van der Waals surface area contributed by atoms with E-state index in [-0.39, 0.29) is 18.9 Å². The highest BCUT2D eigenvalue weighted by atomic mass is 16.7. The molecule has 1 aliphatic heterocycles. The van der Waals surface area contributed by atoms with Crippen LogP contribution in [-0.2, 0) is 16.1 Å². The number of fused-ring (bicyclic) bond motifs is 1. The van der Waals surface area contributed by atoms with Crippen molar-refractivity contribution in [3.8, 4) is 11.5 Å². The van der Waals surface area contributed by atoms with Gasteiger partial charge in [0, 0.05) is 12.2 Å². The van der Waals surface area contributed by atoms with Crippen LogP contribution < -0.4 is 20.5 Å². The molecule has 26 heavy (non-hydrogen) atoms. The summed E-state index contributed by atoms with van der Waals surface area (Å²) in [6, 6.07) is 10.5. The lowest BCUT2D eigenvalue weighted by Gasteiger charge is -2.15. The zero-order chi connectivity index (χ0) is 18.7. The number of para-hydroxylation sites is 1. The molecule has 0 aromatic heterocycles. The van der Waals surface area contributed by atoms with Gasteiger partial charge >= 0.3 is 5.97 Å². The number of esters is 1. The van der Waals surface area contributed by atoms with Gasteiger partial charge in [-0.05, 0) is 43.2 Å². The molecule has 1 unspecified atom stereocenters. The molecule has 0 spiro atoms. The third-order valence-electron chi connectivity index (χ3n) is 4.10. The molecule has 136 valence electrons. The second-order valence-electron chi connectivity index (χ2n) is 5.99. The quantitative estimate of drug-likeness (QED) is 0.629. The number of carbonyl (C=O) groups excluding carboxylic acids is 2. The molecule has 2 aromatic carbocycles. The van der Waals surface area contributed by atoms with E-state index in [4.69, 9.17) is 19.9 Å². The first kappa shape index (κ1) is 17.6. The Bertz CT molecular complexity index is 850. The maximum absolute atomic E-state index is 12.2. The van der Waals surface area contributed by atoms with E-state index in [0.717, 1.165) is 11.1 Å². The number of rotatable bonds is 5. The number of nitrogens with one attached hydrogen (secondary N) is 1. The highest BCUT2D eigenvalue weighted by Crippen LogP contribution is 2.32. The molecule has 2 aromatic rings. The number of anilines is 1. The molecule has 0 bridgehead atoms. The Hall–Kier alpha value is -3.22. The Morgan fingerprint density at radius 3 is 2.81 bits per heavy atom. The molecule has 3 N–H and O–H groups in total. The van der Waals surface area contributed by atoms with Gasteiger partial charge in [-0.3, -0.25) is 4.79 Å². The van der Waals surface area contributed by atoms with Gasteiger partial charge in [-0.2, -0.15) is 0 Å². The van der Waals surface area contributed by atoms with E-state index in [1.165, 1.54) is 6.92 Å². The first-order valence-electron chi connectivity index (χ1n) is 8.18. The predicted molar refractivity (Wildman–Crippen MR) is 94.9 cm³/mol. The summed E-state index contributed by atoms with van der Waals surface area (Å²) >= 11 is 0. The summed E-state index contributed by atoms with van der Waals surface area (Å²) in [7, 11) is 0. The van der Waals surface area contributed by atoms with Crippen LogP contribution in [0.15, 0.2) is 36.4 Å². The largest absolute Gasteiger partial charge is 0.454 e. The van der Waals surface area contributed by atoms with Gasteiger partial charge in [-0.25, -0.2) is 4.79 Å². The SMILES string of the molecule is Cc1cccc(C(=O)OC(C)C(=O)NCc2ccc3c(c2)OCO3)c1N. The van der Waals surface area contributed by atoms with Crippen LogP contribution in [0.1, 0.15) is 28.4 Å². The number of amides is 1. The van der Waals surface area contributed by atoms with Gasteiger partial charge in [0.15, 0.2) is 17.6 Å². The molecule has 1 amide bonds. The molecule has 0 saturated heterocycles. The lowest BCUT2D eigenvalue weighted by atomic mass is 10.1. The summed E-state index contributed by atoms with van der Waals surface area (Å²) in [5.74, 6) is 0.295. The summed E-state index contributed by atoms with van der Waals surface area (Å²) < 4.78 is 15.8. The fourth-order valence-electron chi connectivity index (χ4n) is 2.52. The van der Waals surface area contributed by atoms with Crippen molar-refractivity contribution in [1.82, 2.24) is 5.32 Å². The first-order valence-corrected chi connectivity index (χ1v) is 8.18. The summed E-state index contributed by atoms with van der Waals surface area (Å²) in [6.07, 6.45) is -0.948. The number of nitrogens with two attached hydrogens (primary N) is 1. The molecule has 0 radical (unpaired) electrons. The lowest BCUT2D eigenvalue weighted by molar-refractivity contribution is -0.129. The van der Waals surface area contributed by atoms with Crippen molar-refractivity contribution in [3.63, 3.8) is 0 Å². The van der Waals surface area contributed by atoms with Crippen LogP contribution in [0.25, 0.3) is 0 Å². The first-order chi connectivity index (χ1) is 12.5. The molecule has 7 heteroatoms. The van der Waals surface area contributed by atoms with Gasteiger partial charge in [-0.15, -0.1) is 0 Å². The molecular formula is C19H20N2O5. The molecule has 0 fully saturated rings. The number of hydrogen-bond donors (Lipinski definition) is 2. The van der Waals surface area contributed by atoms with Gasteiger partial charge < -0.3 is 25.3 Å². The van der Waals surface area contributed by atoms with E-state index in [1.54, 1.807) is 37.3 Å². The fourth-order valence-corrected chi connectivity index (χ4v) is 2.52. The topological polar surface area (TPSA) is 99.9 Å². The van der Waals surface area contributed by atoms with Crippen LogP contribution in [0.4, 0.5) is 5.69 Å². The van der Waals surface area contributed by atoms with Crippen LogP contribution in [0.5, 0.6) is 11.5 Å². The van der Waals surface area contributed by atoms with Crippen molar-refractivity contribution in [3.05, 3.63) is 53.1 Å². The number of nitrogen functional groups attached to an aromatic ring is 1. The minimum Gasteiger partial charge on any atom is -0.454 e. The third-order valence-corrected chi connectivity index (χ3v) is 4.10. The smallest absolute Gasteiger partial charge is 0.341 e. The fraction of sp³-hybridized carbons (Fsp3) is 0.263. The van der Waals surface area contributed by atoms with E-state index >= 15 is 0 Å². The number of hydrogen-bond acceptors (Lipinski definition) is 6. The minimum atomic E-state index is -0.948. The molecule has 7 nitrogen and oxygen atoms in total. The predicted octanol–water partition coefficient (Wildman–Crippen LogP) is 2.17. The van der Waals surface area contributed by atoms with E-state index < -0.39 is 18.0 Å². The van der Waals surface area contributed by atoms with Crippen LogP contribution >= 0.6 is 0 Å². The molecule has 1 atom stereocenters. The highest BCUT2D eigenvalue weighted by Gasteiger charge is 2.21. The second kappa shape index (κ2) is 7.35. The average Bonchev–Trinajstić information content (AvgIpc) is 3.09. The summed E-state index contributed by atoms with van der Waals surface area (Å²) in [4.78, 5) is 24.4. The van der Waals surface area contributed by atoms with Gasteiger partial charge in [0.25, 0.3) is 5.91 Å². The van der Waals surface area contributed by atoms with Crippen molar-refractivity contribution < 1.29 is 23.8 Å². The summed E-state index contributed by atoms with van der Waals surface area (Å²) in [5.41, 5.74) is 8.12. The molecule has 3 rings (SSSR count). The van der Waals surface area contributed by atoms with Crippen LogP contribution in [0, 0.1) is 6.92 Å². The van der Waals surface area contributed by atoms with Gasteiger partial charge in [0.2, 0.25) is 6.79 Å². The van der Waals surface area contributed by atoms with Crippen molar-refractivity contribution in [2.75, 3.05) is 12.5 Å². The Balaban J connectivity index is 1.56. The number of aryl methyl sites for hydroxylation is 1. The average molecular weight is 356 g/mol. The summed E-state index contributed by atoms with van der Waals surface area (Å²) in [6.45, 7) is 3.79. The Morgan fingerprint density at radius 1 is 1.23 bits per heavy atom.